The van der Waals surface area contributed by atoms with Crippen molar-refractivity contribution in [3.63, 3.8) is 0 Å². The summed E-state index contributed by atoms with van der Waals surface area (Å²) in [6.45, 7) is 11.4. The maximum Gasteiger partial charge on any atom is 0.280 e. The minimum absolute atomic E-state index is 0.0914. The molecule has 1 aromatic rings. The van der Waals surface area contributed by atoms with Gasteiger partial charge in [0, 0.05) is 6.08 Å². The molecule has 1 rings (SSSR count). The van der Waals surface area contributed by atoms with Crippen molar-refractivity contribution in [3.05, 3.63) is 24.8 Å². The molecular weight excluding hydrogens is 256 g/mol. The van der Waals surface area contributed by atoms with E-state index in [4.69, 9.17) is 0 Å². The van der Waals surface area contributed by atoms with E-state index in [2.05, 4.69) is 46.1 Å². The second-order valence-corrected chi connectivity index (χ2v) is 4.30. The number of aryl methyl sites for hydroxylation is 2. The van der Waals surface area contributed by atoms with E-state index < -0.39 is 10.4 Å². The molecule has 0 aliphatic rings. The molecule has 0 saturated carbocycles. The summed E-state index contributed by atoms with van der Waals surface area (Å²) in [5.74, 6) is 1.19. The summed E-state index contributed by atoms with van der Waals surface area (Å²) in [4.78, 5) is 0. The summed E-state index contributed by atoms with van der Waals surface area (Å²) in [5, 5.41) is 0. The van der Waals surface area contributed by atoms with Crippen LogP contribution in [0.2, 0.25) is 0 Å². The predicted molar refractivity (Wildman–Crippen MR) is 67.4 cm³/mol. The fourth-order valence-corrected chi connectivity index (χ4v) is 1.68. The lowest BCUT2D eigenvalue weighted by atomic mass is 10.5. The highest BCUT2D eigenvalue weighted by atomic mass is 32.3. The predicted octanol–water partition coefficient (Wildman–Crippen LogP) is 0.942. The fourth-order valence-electron chi connectivity index (χ4n) is 1.39. The zero-order valence-electron chi connectivity index (χ0n) is 11.0. The molecule has 0 aliphatic carbocycles. The normalized spacial score (nSPS) is 10.7. The van der Waals surface area contributed by atoms with E-state index in [1.165, 1.54) is 12.7 Å². The van der Waals surface area contributed by atoms with Crippen molar-refractivity contribution in [3.8, 4) is 0 Å². The van der Waals surface area contributed by atoms with Gasteiger partial charge in [0.1, 0.15) is 12.4 Å². The van der Waals surface area contributed by atoms with E-state index in [0.717, 1.165) is 13.1 Å². The highest BCUT2D eigenvalue weighted by molar-refractivity contribution is 7.80. The van der Waals surface area contributed by atoms with Crippen LogP contribution in [-0.2, 0) is 27.7 Å². The van der Waals surface area contributed by atoms with Gasteiger partial charge < -0.3 is 4.55 Å². The van der Waals surface area contributed by atoms with Crippen molar-refractivity contribution >= 4 is 16.5 Å². The summed E-state index contributed by atoms with van der Waals surface area (Å²) >= 11 is 0. The van der Waals surface area contributed by atoms with Gasteiger partial charge in [0.15, 0.2) is 0 Å². The molecular formula is C11H20N2O4S. The highest BCUT2D eigenvalue weighted by Crippen LogP contribution is 1.96. The van der Waals surface area contributed by atoms with Crippen molar-refractivity contribution in [2.45, 2.75) is 33.9 Å². The Morgan fingerprint density at radius 3 is 2.39 bits per heavy atom. The van der Waals surface area contributed by atoms with Gasteiger partial charge in [-0.1, -0.05) is 6.58 Å². The van der Waals surface area contributed by atoms with Gasteiger partial charge in [-0.25, -0.2) is 17.6 Å². The van der Waals surface area contributed by atoms with Crippen LogP contribution in [-0.4, -0.2) is 24.1 Å². The molecule has 0 unspecified atom stereocenters. The third-order valence-corrected chi connectivity index (χ3v) is 2.67. The molecule has 0 spiro atoms. The number of rotatable bonds is 5. The van der Waals surface area contributed by atoms with Crippen LogP contribution < -0.4 is 4.57 Å². The number of hydrogen-bond donors (Lipinski definition) is 0. The Morgan fingerprint density at radius 2 is 2.11 bits per heavy atom. The highest BCUT2D eigenvalue weighted by Gasteiger charge is 2.09. The van der Waals surface area contributed by atoms with Crippen LogP contribution in [0.4, 0.5) is 0 Å². The molecule has 0 fully saturated rings. The zero-order chi connectivity index (χ0) is 14.2. The van der Waals surface area contributed by atoms with Crippen LogP contribution >= 0.6 is 0 Å². The van der Waals surface area contributed by atoms with Gasteiger partial charge >= 0.3 is 0 Å². The van der Waals surface area contributed by atoms with E-state index in [1.807, 2.05) is 6.08 Å². The molecule has 0 N–H and O–H groups in total. The molecule has 0 amide bonds. The standard InChI is InChI=1S/C9H15N2.C2H6O4S/c1-4-9-10(5-2)7-8-11(9)6-3;1-2-6-7(3,4)5/h4,7-8H,1,5-6H2,2-3H3;2H2,1H3,(H,3,4,5)/q+1;/p-1. The molecule has 104 valence electrons. The number of hydrogen-bond acceptors (Lipinski definition) is 4. The lowest BCUT2D eigenvalue weighted by molar-refractivity contribution is -0.694. The lowest BCUT2D eigenvalue weighted by Crippen LogP contribution is -2.33. The van der Waals surface area contributed by atoms with Crippen LogP contribution in [0.15, 0.2) is 19.0 Å². The van der Waals surface area contributed by atoms with Crippen LogP contribution in [0.1, 0.15) is 26.6 Å². The molecule has 1 aromatic heterocycles. The number of imidazole rings is 1. The summed E-state index contributed by atoms with van der Waals surface area (Å²) in [5.41, 5.74) is 0. The first-order valence-electron chi connectivity index (χ1n) is 5.70. The third kappa shape index (κ3) is 5.95. The van der Waals surface area contributed by atoms with Crippen molar-refractivity contribution < 1.29 is 21.7 Å². The Morgan fingerprint density at radius 1 is 1.50 bits per heavy atom. The zero-order valence-corrected chi connectivity index (χ0v) is 11.8. The minimum Gasteiger partial charge on any atom is -0.726 e. The van der Waals surface area contributed by atoms with E-state index in [9.17, 15) is 13.0 Å². The Labute approximate surface area is 108 Å². The Hall–Kier alpha value is -1.18. The van der Waals surface area contributed by atoms with Crippen molar-refractivity contribution in [2.24, 2.45) is 0 Å². The number of aromatic nitrogens is 2. The Bertz CT molecular complexity index is 444. The van der Waals surface area contributed by atoms with Crippen LogP contribution in [0, 0.1) is 0 Å². The average Bonchev–Trinajstić information content (AvgIpc) is 2.69. The van der Waals surface area contributed by atoms with Gasteiger partial charge in [0.25, 0.3) is 5.82 Å². The van der Waals surface area contributed by atoms with Gasteiger partial charge in [0.2, 0.25) is 10.4 Å². The van der Waals surface area contributed by atoms with E-state index >= 15 is 0 Å². The maximum absolute atomic E-state index is 9.45. The van der Waals surface area contributed by atoms with Crippen LogP contribution in [0.3, 0.4) is 0 Å². The van der Waals surface area contributed by atoms with E-state index in [0.29, 0.717) is 0 Å². The first-order valence-corrected chi connectivity index (χ1v) is 7.04. The lowest BCUT2D eigenvalue weighted by Gasteiger charge is -2.02. The molecule has 18 heavy (non-hydrogen) atoms. The van der Waals surface area contributed by atoms with Gasteiger partial charge in [-0.2, -0.15) is 0 Å². The van der Waals surface area contributed by atoms with Crippen molar-refractivity contribution in [2.75, 3.05) is 6.61 Å². The Balaban J connectivity index is 0.000000360. The largest absolute Gasteiger partial charge is 0.726 e. The van der Waals surface area contributed by atoms with E-state index in [1.54, 1.807) is 0 Å². The van der Waals surface area contributed by atoms with Crippen molar-refractivity contribution in [1.29, 1.82) is 0 Å². The second kappa shape index (κ2) is 8.02. The molecule has 0 aromatic carbocycles. The van der Waals surface area contributed by atoms with Crippen LogP contribution in [0.5, 0.6) is 0 Å². The summed E-state index contributed by atoms with van der Waals surface area (Å²) in [7, 11) is -4.42. The molecule has 1 heterocycles. The van der Waals surface area contributed by atoms with E-state index in [-0.39, 0.29) is 6.61 Å². The SMILES string of the molecule is C=Cc1n(CC)cc[n+]1CC.CCOS(=O)(=O)[O-]. The fraction of sp³-hybridized carbons (Fsp3) is 0.545. The van der Waals surface area contributed by atoms with Crippen molar-refractivity contribution in [1.82, 2.24) is 4.57 Å². The molecule has 6 nitrogen and oxygen atoms in total. The van der Waals surface area contributed by atoms with Gasteiger partial charge in [-0.3, -0.25) is 4.18 Å². The average molecular weight is 276 g/mol. The summed E-state index contributed by atoms with van der Waals surface area (Å²) in [6, 6.07) is 0. The van der Waals surface area contributed by atoms with Gasteiger partial charge in [0.05, 0.1) is 19.7 Å². The molecule has 0 bridgehead atoms. The van der Waals surface area contributed by atoms with Gasteiger partial charge in [-0.05, 0) is 20.8 Å². The number of nitrogens with zero attached hydrogens (tertiary/aromatic N) is 2. The molecule has 0 aliphatic heterocycles. The van der Waals surface area contributed by atoms with Gasteiger partial charge in [-0.15, -0.1) is 0 Å². The summed E-state index contributed by atoms with van der Waals surface area (Å²) < 4.78 is 36.4. The first-order chi connectivity index (χ1) is 8.39. The monoisotopic (exact) mass is 276 g/mol. The Kier molecular flexibility index (Phi) is 7.49. The topological polar surface area (TPSA) is 75.2 Å². The molecule has 0 radical (unpaired) electrons. The maximum atomic E-state index is 9.45. The minimum atomic E-state index is -4.42. The first kappa shape index (κ1) is 16.8. The molecule has 7 heteroatoms. The molecule has 0 atom stereocenters. The second-order valence-electron chi connectivity index (χ2n) is 3.25. The summed E-state index contributed by atoms with van der Waals surface area (Å²) in [6.07, 6.45) is 6.06. The van der Waals surface area contributed by atoms with Crippen LogP contribution in [0.25, 0.3) is 6.08 Å². The third-order valence-electron chi connectivity index (χ3n) is 2.14. The smallest absolute Gasteiger partial charge is 0.280 e. The quantitative estimate of drug-likeness (QED) is 0.456. The molecule has 0 saturated heterocycles.